The first-order valence-corrected chi connectivity index (χ1v) is 11.4. The molecule has 0 aliphatic carbocycles. The van der Waals surface area contributed by atoms with Crippen LogP contribution >= 0.6 is 0 Å². The summed E-state index contributed by atoms with van der Waals surface area (Å²) in [6.45, 7) is 0. The molecule has 6 aromatic rings. The lowest BCUT2D eigenvalue weighted by Gasteiger charge is -2.33. The number of hydrogen-bond donors (Lipinski definition) is 0. The molecule has 0 amide bonds. The monoisotopic (exact) mass is 459 g/mol. The maximum atomic E-state index is 5.43. The van der Waals surface area contributed by atoms with Crippen molar-refractivity contribution < 1.29 is 4.74 Å². The second-order valence-corrected chi connectivity index (χ2v) is 8.53. The molecule has 4 aromatic carbocycles. The minimum absolute atomic E-state index is 0.236. The number of ether oxygens (including phenoxy) is 1. The van der Waals surface area contributed by atoms with Crippen molar-refractivity contribution in [3.05, 3.63) is 108 Å². The Morgan fingerprint density at radius 3 is 1.60 bits per heavy atom. The van der Waals surface area contributed by atoms with Crippen LogP contribution in [0.5, 0.6) is 5.75 Å². The summed E-state index contributed by atoms with van der Waals surface area (Å²) in [4.78, 5) is 2.33. The maximum absolute atomic E-state index is 5.43. The number of fused-ring (bicyclic) bond motifs is 3. The van der Waals surface area contributed by atoms with E-state index >= 15 is 0 Å². The van der Waals surface area contributed by atoms with Gasteiger partial charge in [-0.2, -0.15) is 0 Å². The maximum Gasteiger partial charge on any atom is 0.153 e. The van der Waals surface area contributed by atoms with Crippen LogP contribution < -0.4 is 9.64 Å². The lowest BCUT2D eigenvalue weighted by molar-refractivity contribution is 0.413. The van der Waals surface area contributed by atoms with Crippen molar-refractivity contribution in [1.29, 1.82) is 0 Å². The Hall–Kier alpha value is -4.72. The van der Waals surface area contributed by atoms with Crippen LogP contribution in [0.1, 0.15) is 23.5 Å². The number of aromatic nitrogens is 6. The lowest BCUT2D eigenvalue weighted by Crippen LogP contribution is -2.35. The van der Waals surface area contributed by atoms with Gasteiger partial charge in [0.05, 0.1) is 18.1 Å². The first-order chi connectivity index (χ1) is 17.3. The summed E-state index contributed by atoms with van der Waals surface area (Å²) < 4.78 is 9.43. The molecule has 0 spiro atoms. The molecule has 35 heavy (non-hydrogen) atoms. The van der Waals surface area contributed by atoms with E-state index in [4.69, 9.17) is 4.74 Å². The Morgan fingerprint density at radius 2 is 1.09 bits per heavy atom. The van der Waals surface area contributed by atoms with Gasteiger partial charge in [-0.3, -0.25) is 0 Å². The molecule has 0 bridgehead atoms. The Bertz CT molecular complexity index is 1570. The molecule has 8 nitrogen and oxygen atoms in total. The van der Waals surface area contributed by atoms with Crippen LogP contribution in [0.15, 0.2) is 97.1 Å². The number of methoxy groups -OCH3 is 1. The number of benzene rings is 4. The fourth-order valence-electron chi connectivity index (χ4n) is 5.09. The Balaban J connectivity index is 1.51. The number of hydrogen-bond acceptors (Lipinski definition) is 6. The van der Waals surface area contributed by atoms with Gasteiger partial charge >= 0.3 is 0 Å². The van der Waals surface area contributed by atoms with E-state index < -0.39 is 0 Å². The van der Waals surface area contributed by atoms with Crippen LogP contribution in [0.25, 0.3) is 22.1 Å². The number of anilines is 1. The van der Waals surface area contributed by atoms with Gasteiger partial charge in [-0.05, 0) is 48.5 Å². The van der Waals surface area contributed by atoms with Gasteiger partial charge in [-0.25, -0.2) is 9.36 Å². The van der Waals surface area contributed by atoms with Crippen molar-refractivity contribution in [3.8, 4) is 5.75 Å². The van der Waals surface area contributed by atoms with E-state index in [1.807, 2.05) is 57.9 Å². The highest BCUT2D eigenvalue weighted by atomic mass is 16.5. The van der Waals surface area contributed by atoms with Gasteiger partial charge in [-0.15, -0.1) is 10.2 Å². The second kappa shape index (κ2) is 7.66. The van der Waals surface area contributed by atoms with Crippen molar-refractivity contribution in [2.45, 2.75) is 12.3 Å². The molecule has 170 valence electrons. The molecule has 0 saturated heterocycles. The van der Waals surface area contributed by atoms with Gasteiger partial charge < -0.3 is 9.64 Å². The fraction of sp³-hybridized carbons (Fsp3) is 0.111. The zero-order chi connectivity index (χ0) is 23.4. The standard InChI is InChI=1S/C27H21N7O/c1-35-19-16-14-18(15-17-19)32-26(33-24-12-6-4-10-22(24)28-30-33)20-8-2-3-9-21(20)27(32)34-25-13-7-5-11-23(25)29-31-34/h2-17,26-27H,1H3. The Labute approximate surface area is 201 Å². The fourth-order valence-corrected chi connectivity index (χ4v) is 5.09. The lowest BCUT2D eigenvalue weighted by atomic mass is 10.1. The van der Waals surface area contributed by atoms with Crippen LogP contribution in [0.4, 0.5) is 5.69 Å². The highest BCUT2D eigenvalue weighted by Crippen LogP contribution is 2.47. The molecule has 1 aliphatic heterocycles. The summed E-state index contributed by atoms with van der Waals surface area (Å²) in [6, 6.07) is 32.6. The van der Waals surface area contributed by atoms with Crippen LogP contribution in [0.2, 0.25) is 0 Å². The predicted octanol–water partition coefficient (Wildman–Crippen LogP) is 4.80. The molecular weight excluding hydrogens is 438 g/mol. The van der Waals surface area contributed by atoms with Crippen molar-refractivity contribution in [2.75, 3.05) is 12.0 Å². The highest BCUT2D eigenvalue weighted by molar-refractivity contribution is 5.76. The zero-order valence-corrected chi connectivity index (χ0v) is 18.9. The van der Waals surface area contributed by atoms with E-state index in [2.05, 4.69) is 74.1 Å². The Morgan fingerprint density at radius 1 is 0.600 bits per heavy atom. The molecule has 2 atom stereocenters. The number of rotatable bonds is 4. The molecule has 2 unspecified atom stereocenters. The van der Waals surface area contributed by atoms with Crippen LogP contribution in [-0.2, 0) is 0 Å². The molecule has 0 radical (unpaired) electrons. The number of nitrogens with zero attached hydrogens (tertiary/aromatic N) is 7. The minimum atomic E-state index is -0.236. The van der Waals surface area contributed by atoms with Crippen LogP contribution in [0, 0.1) is 0 Å². The molecule has 8 heteroatoms. The summed E-state index contributed by atoms with van der Waals surface area (Å²) in [6.07, 6.45) is -0.472. The average molecular weight is 460 g/mol. The normalized spacial score (nSPS) is 17.2. The van der Waals surface area contributed by atoms with E-state index in [-0.39, 0.29) is 12.3 Å². The molecule has 2 aromatic heterocycles. The van der Waals surface area contributed by atoms with Crippen molar-refractivity contribution in [2.24, 2.45) is 0 Å². The van der Waals surface area contributed by atoms with Gasteiger partial charge in [0.25, 0.3) is 0 Å². The Kier molecular flexibility index (Phi) is 4.32. The first kappa shape index (κ1) is 19.7. The topological polar surface area (TPSA) is 73.9 Å². The van der Waals surface area contributed by atoms with Gasteiger partial charge in [0.15, 0.2) is 12.3 Å². The third-order valence-electron chi connectivity index (χ3n) is 6.67. The summed E-state index contributed by atoms with van der Waals surface area (Å²) in [5.41, 5.74) is 6.94. The van der Waals surface area contributed by atoms with Crippen molar-refractivity contribution in [1.82, 2.24) is 30.0 Å². The number of para-hydroxylation sites is 2. The third-order valence-corrected chi connectivity index (χ3v) is 6.67. The summed E-state index contributed by atoms with van der Waals surface area (Å²) in [7, 11) is 1.68. The molecule has 7 rings (SSSR count). The quantitative estimate of drug-likeness (QED) is 0.377. The zero-order valence-electron chi connectivity index (χ0n) is 18.9. The molecule has 0 fully saturated rings. The molecular formula is C27H21N7O. The molecule has 1 aliphatic rings. The minimum Gasteiger partial charge on any atom is -0.497 e. The molecule has 3 heterocycles. The van der Waals surface area contributed by atoms with E-state index in [0.717, 1.165) is 44.6 Å². The average Bonchev–Trinajstić information content (AvgIpc) is 3.62. The highest BCUT2D eigenvalue weighted by Gasteiger charge is 2.43. The van der Waals surface area contributed by atoms with Crippen molar-refractivity contribution >= 4 is 27.8 Å². The van der Waals surface area contributed by atoms with Gasteiger partial charge in [0.2, 0.25) is 0 Å². The smallest absolute Gasteiger partial charge is 0.153 e. The van der Waals surface area contributed by atoms with Gasteiger partial charge in [-0.1, -0.05) is 59.0 Å². The van der Waals surface area contributed by atoms with Crippen LogP contribution in [0.3, 0.4) is 0 Å². The van der Waals surface area contributed by atoms with E-state index in [1.165, 1.54) is 0 Å². The summed E-state index contributed by atoms with van der Waals surface area (Å²) in [5, 5.41) is 18.2. The summed E-state index contributed by atoms with van der Waals surface area (Å²) in [5.74, 6) is 0.802. The van der Waals surface area contributed by atoms with Gasteiger partial charge in [0, 0.05) is 16.8 Å². The van der Waals surface area contributed by atoms with E-state index in [0.29, 0.717) is 0 Å². The van der Waals surface area contributed by atoms with E-state index in [9.17, 15) is 0 Å². The predicted molar refractivity (Wildman–Crippen MR) is 133 cm³/mol. The van der Waals surface area contributed by atoms with Crippen LogP contribution in [-0.4, -0.2) is 37.1 Å². The van der Waals surface area contributed by atoms with Crippen molar-refractivity contribution in [3.63, 3.8) is 0 Å². The largest absolute Gasteiger partial charge is 0.497 e. The summed E-state index contributed by atoms with van der Waals surface area (Å²) >= 11 is 0. The van der Waals surface area contributed by atoms with E-state index in [1.54, 1.807) is 7.11 Å². The second-order valence-electron chi connectivity index (χ2n) is 8.53. The first-order valence-electron chi connectivity index (χ1n) is 11.4. The van der Waals surface area contributed by atoms with Gasteiger partial charge in [0.1, 0.15) is 16.8 Å². The molecule has 0 N–H and O–H groups in total. The molecule has 0 saturated carbocycles. The third kappa shape index (κ3) is 2.93. The SMILES string of the molecule is COc1ccc(N2C(n3nnc4ccccc43)c3ccccc3C2n2nnc3ccccc32)cc1.